The molecule has 0 unspecified atom stereocenters. The minimum atomic E-state index is -0.639. The van der Waals surface area contributed by atoms with Crippen LogP contribution in [0.5, 0.6) is 5.75 Å². The Bertz CT molecular complexity index is 585. The van der Waals surface area contributed by atoms with Crippen LogP contribution in [-0.4, -0.2) is 0 Å². The first-order valence-corrected chi connectivity index (χ1v) is 5.25. The Balaban J connectivity index is 2.09. The summed E-state index contributed by atoms with van der Waals surface area (Å²) in [6, 6.07) is 11.8. The van der Waals surface area contributed by atoms with Crippen LogP contribution in [0.2, 0.25) is 0 Å². The third kappa shape index (κ3) is 3.05. The summed E-state index contributed by atoms with van der Waals surface area (Å²) in [4.78, 5) is 0. The summed E-state index contributed by atoms with van der Waals surface area (Å²) < 4.78 is 31.2. The molecule has 0 aliphatic rings. The van der Waals surface area contributed by atoms with E-state index >= 15 is 0 Å². The van der Waals surface area contributed by atoms with E-state index in [1.54, 1.807) is 24.3 Å². The molecule has 0 bridgehead atoms. The molecule has 0 aliphatic heterocycles. The van der Waals surface area contributed by atoms with Gasteiger partial charge in [-0.2, -0.15) is 5.26 Å². The summed E-state index contributed by atoms with van der Waals surface area (Å²) in [6.07, 6.45) is 0. The number of nitrogens with zero attached hydrogens (tertiary/aromatic N) is 1. The van der Waals surface area contributed by atoms with Crippen LogP contribution < -0.4 is 4.74 Å². The molecule has 0 radical (unpaired) electrons. The van der Waals surface area contributed by atoms with Crippen LogP contribution in [0.3, 0.4) is 0 Å². The van der Waals surface area contributed by atoms with Crippen LogP contribution >= 0.6 is 0 Å². The molecule has 0 N–H and O–H groups in total. The molecule has 0 fully saturated rings. The van der Waals surface area contributed by atoms with Crippen molar-refractivity contribution in [3.8, 4) is 11.8 Å². The average Bonchev–Trinajstić information content (AvgIpc) is 2.35. The second kappa shape index (κ2) is 5.28. The summed E-state index contributed by atoms with van der Waals surface area (Å²) in [7, 11) is 0. The van der Waals surface area contributed by atoms with E-state index in [1.165, 1.54) is 12.1 Å². The van der Waals surface area contributed by atoms with E-state index < -0.39 is 11.6 Å². The fourth-order valence-corrected chi connectivity index (χ4v) is 1.52. The second-order valence-electron chi connectivity index (χ2n) is 3.71. The molecule has 0 saturated heterocycles. The number of hydrogen-bond acceptors (Lipinski definition) is 2. The van der Waals surface area contributed by atoms with Crippen LogP contribution in [0, 0.1) is 23.0 Å². The van der Waals surface area contributed by atoms with E-state index in [0.29, 0.717) is 16.9 Å². The van der Waals surface area contributed by atoms with Gasteiger partial charge in [0.15, 0.2) is 0 Å². The molecule has 0 spiro atoms. The molecule has 2 aromatic rings. The average molecular weight is 245 g/mol. The maximum atomic E-state index is 12.9. The lowest BCUT2D eigenvalue weighted by atomic mass is 10.2. The monoisotopic (exact) mass is 245 g/mol. The van der Waals surface area contributed by atoms with Gasteiger partial charge in [0, 0.05) is 6.07 Å². The van der Waals surface area contributed by atoms with Gasteiger partial charge in [0.25, 0.3) is 0 Å². The summed E-state index contributed by atoms with van der Waals surface area (Å²) in [5.41, 5.74) is 0.868. The molecule has 2 rings (SSSR count). The standard InChI is InChI=1S/C14H9F2NO/c15-12-4-11(5-13(16)7-12)9-18-14-3-1-2-10(6-14)8-17/h1-7H,9H2. The zero-order chi connectivity index (χ0) is 13.0. The van der Waals surface area contributed by atoms with Crippen molar-refractivity contribution in [3.05, 3.63) is 65.2 Å². The Hall–Kier alpha value is -2.41. The Morgan fingerprint density at radius 3 is 2.44 bits per heavy atom. The van der Waals surface area contributed by atoms with Crippen LogP contribution in [0.1, 0.15) is 11.1 Å². The topological polar surface area (TPSA) is 33.0 Å². The molecule has 18 heavy (non-hydrogen) atoms. The van der Waals surface area contributed by atoms with E-state index in [4.69, 9.17) is 10.00 Å². The van der Waals surface area contributed by atoms with Gasteiger partial charge in [0.05, 0.1) is 11.6 Å². The van der Waals surface area contributed by atoms with Crippen molar-refractivity contribution in [2.45, 2.75) is 6.61 Å². The van der Waals surface area contributed by atoms with Crippen molar-refractivity contribution in [2.75, 3.05) is 0 Å². The van der Waals surface area contributed by atoms with Crippen molar-refractivity contribution < 1.29 is 13.5 Å². The van der Waals surface area contributed by atoms with Gasteiger partial charge in [-0.15, -0.1) is 0 Å². The van der Waals surface area contributed by atoms with Gasteiger partial charge in [-0.25, -0.2) is 8.78 Å². The largest absolute Gasteiger partial charge is 0.489 e. The van der Waals surface area contributed by atoms with Gasteiger partial charge < -0.3 is 4.74 Å². The van der Waals surface area contributed by atoms with E-state index in [1.807, 2.05) is 6.07 Å². The fraction of sp³-hybridized carbons (Fsp3) is 0.0714. The molecule has 0 saturated carbocycles. The normalized spacial score (nSPS) is 9.83. The lowest BCUT2D eigenvalue weighted by Gasteiger charge is -2.06. The van der Waals surface area contributed by atoms with E-state index in [0.717, 1.165) is 6.07 Å². The first-order chi connectivity index (χ1) is 8.67. The molecule has 4 heteroatoms. The number of ether oxygens (including phenoxy) is 1. The second-order valence-corrected chi connectivity index (χ2v) is 3.71. The number of rotatable bonds is 3. The first-order valence-electron chi connectivity index (χ1n) is 5.25. The van der Waals surface area contributed by atoms with Crippen LogP contribution in [-0.2, 0) is 6.61 Å². The maximum Gasteiger partial charge on any atom is 0.126 e. The number of hydrogen-bond donors (Lipinski definition) is 0. The van der Waals surface area contributed by atoms with Crippen LogP contribution in [0.4, 0.5) is 8.78 Å². The molecular formula is C14H9F2NO. The summed E-state index contributed by atoms with van der Waals surface area (Å²) in [6.45, 7) is 0.0452. The van der Waals surface area contributed by atoms with Gasteiger partial charge in [-0.1, -0.05) is 6.07 Å². The van der Waals surface area contributed by atoms with Crippen LogP contribution in [0.25, 0.3) is 0 Å². The highest BCUT2D eigenvalue weighted by atomic mass is 19.1. The molecule has 0 aromatic heterocycles. The summed E-state index contributed by atoms with van der Waals surface area (Å²) in [5.74, 6) is -0.794. The lowest BCUT2D eigenvalue weighted by molar-refractivity contribution is 0.304. The lowest BCUT2D eigenvalue weighted by Crippen LogP contribution is -1.97. The highest BCUT2D eigenvalue weighted by Crippen LogP contribution is 2.15. The Labute approximate surface area is 103 Å². The van der Waals surface area contributed by atoms with Gasteiger partial charge in [0.1, 0.15) is 24.0 Å². The zero-order valence-corrected chi connectivity index (χ0v) is 9.36. The molecule has 0 aliphatic carbocycles. The smallest absolute Gasteiger partial charge is 0.126 e. The minimum Gasteiger partial charge on any atom is -0.489 e. The number of nitriles is 1. The molecule has 2 aromatic carbocycles. The van der Waals surface area contributed by atoms with Crippen molar-refractivity contribution in [3.63, 3.8) is 0 Å². The Morgan fingerprint density at radius 2 is 1.78 bits per heavy atom. The molecule has 2 nitrogen and oxygen atoms in total. The molecule has 0 heterocycles. The zero-order valence-electron chi connectivity index (χ0n) is 9.36. The van der Waals surface area contributed by atoms with Gasteiger partial charge in [0.2, 0.25) is 0 Å². The van der Waals surface area contributed by atoms with Gasteiger partial charge >= 0.3 is 0 Å². The van der Waals surface area contributed by atoms with Gasteiger partial charge in [-0.05, 0) is 35.9 Å². The number of benzene rings is 2. The number of halogens is 2. The fourth-order valence-electron chi connectivity index (χ4n) is 1.52. The summed E-state index contributed by atoms with van der Waals surface area (Å²) in [5, 5.41) is 8.72. The highest BCUT2D eigenvalue weighted by Gasteiger charge is 2.02. The highest BCUT2D eigenvalue weighted by molar-refractivity contribution is 5.36. The first kappa shape index (κ1) is 12.1. The quantitative estimate of drug-likeness (QED) is 0.830. The minimum absolute atomic E-state index is 0.0452. The van der Waals surface area contributed by atoms with Gasteiger partial charge in [-0.3, -0.25) is 0 Å². The Kier molecular flexibility index (Phi) is 3.54. The predicted octanol–water partition coefficient (Wildman–Crippen LogP) is 3.42. The van der Waals surface area contributed by atoms with E-state index in [-0.39, 0.29) is 6.61 Å². The summed E-state index contributed by atoms with van der Waals surface area (Å²) >= 11 is 0. The third-order valence-electron chi connectivity index (χ3n) is 2.29. The van der Waals surface area contributed by atoms with Crippen LogP contribution in [0.15, 0.2) is 42.5 Å². The van der Waals surface area contributed by atoms with E-state index in [9.17, 15) is 8.78 Å². The van der Waals surface area contributed by atoms with Crippen molar-refractivity contribution >= 4 is 0 Å². The predicted molar refractivity (Wildman–Crippen MR) is 61.8 cm³/mol. The van der Waals surface area contributed by atoms with Crippen molar-refractivity contribution in [2.24, 2.45) is 0 Å². The van der Waals surface area contributed by atoms with Crippen molar-refractivity contribution in [1.82, 2.24) is 0 Å². The third-order valence-corrected chi connectivity index (χ3v) is 2.29. The Morgan fingerprint density at radius 1 is 1.06 bits per heavy atom. The molecule has 0 atom stereocenters. The van der Waals surface area contributed by atoms with E-state index in [2.05, 4.69) is 0 Å². The SMILES string of the molecule is N#Cc1cccc(OCc2cc(F)cc(F)c2)c1. The molecule has 90 valence electrons. The van der Waals surface area contributed by atoms with Crippen molar-refractivity contribution in [1.29, 1.82) is 5.26 Å². The maximum absolute atomic E-state index is 12.9. The molecular weight excluding hydrogens is 236 g/mol. The molecule has 0 amide bonds.